The van der Waals surface area contributed by atoms with Crippen LogP contribution in [0.2, 0.25) is 0 Å². The van der Waals surface area contributed by atoms with E-state index >= 15 is 0 Å². The lowest BCUT2D eigenvalue weighted by Gasteiger charge is -2.06. The summed E-state index contributed by atoms with van der Waals surface area (Å²) >= 11 is 3.27. The molecule has 0 saturated heterocycles. The Morgan fingerprint density at radius 1 is 1.32 bits per heavy atom. The topological polar surface area (TPSA) is 81.8 Å². The number of benzene rings is 1. The van der Waals surface area contributed by atoms with Crippen LogP contribution in [0.25, 0.3) is 0 Å². The van der Waals surface area contributed by atoms with E-state index in [2.05, 4.69) is 30.8 Å². The molecule has 0 fully saturated rings. The Bertz CT molecular complexity index is 1030. The highest BCUT2D eigenvalue weighted by Gasteiger charge is 2.22. The molecule has 1 N–H and O–H groups in total. The Morgan fingerprint density at radius 3 is 2.68 bits per heavy atom. The average Bonchev–Trinajstić information content (AvgIpc) is 3.05. The van der Waals surface area contributed by atoms with Crippen molar-refractivity contribution in [1.82, 2.24) is 19.6 Å². The molecule has 0 aliphatic rings. The summed E-state index contributed by atoms with van der Waals surface area (Å²) in [7, 11) is -2.17. The molecule has 7 nitrogen and oxygen atoms in total. The molecule has 0 bridgehead atoms. The molecular formula is C15H15BrFN5O2S. The Hall–Kier alpha value is -2.20. The summed E-state index contributed by atoms with van der Waals surface area (Å²) in [6.07, 6.45) is 2.86. The van der Waals surface area contributed by atoms with Crippen LogP contribution in [0.1, 0.15) is 11.3 Å². The van der Waals surface area contributed by atoms with Crippen molar-refractivity contribution in [3.05, 3.63) is 58.2 Å². The highest BCUT2D eigenvalue weighted by atomic mass is 79.9. The normalized spacial score (nSPS) is 11.7. The molecule has 2 heterocycles. The van der Waals surface area contributed by atoms with Gasteiger partial charge in [-0.25, -0.2) is 12.8 Å². The number of rotatable bonds is 5. The molecule has 1 aromatic carbocycles. The third kappa shape index (κ3) is 3.59. The van der Waals surface area contributed by atoms with Crippen LogP contribution >= 0.6 is 15.9 Å². The quantitative estimate of drug-likeness (QED) is 0.678. The average molecular weight is 428 g/mol. The predicted octanol–water partition coefficient (Wildman–Crippen LogP) is 2.68. The first-order chi connectivity index (χ1) is 11.8. The van der Waals surface area contributed by atoms with E-state index in [4.69, 9.17) is 0 Å². The van der Waals surface area contributed by atoms with Crippen molar-refractivity contribution in [3.63, 3.8) is 0 Å². The lowest BCUT2D eigenvalue weighted by atomic mass is 10.2. The summed E-state index contributed by atoms with van der Waals surface area (Å²) in [6, 6.07) is 6.34. The fourth-order valence-corrected chi connectivity index (χ4v) is 4.04. The number of anilines is 1. The van der Waals surface area contributed by atoms with Gasteiger partial charge < -0.3 is 0 Å². The summed E-state index contributed by atoms with van der Waals surface area (Å²) in [4.78, 5) is 0.0746. The van der Waals surface area contributed by atoms with Crippen LogP contribution in [0.5, 0.6) is 0 Å². The van der Waals surface area contributed by atoms with Gasteiger partial charge in [-0.05, 0) is 28.9 Å². The van der Waals surface area contributed by atoms with Crippen molar-refractivity contribution in [2.45, 2.75) is 18.4 Å². The van der Waals surface area contributed by atoms with Crippen LogP contribution in [0, 0.1) is 12.7 Å². The third-order valence-electron chi connectivity index (χ3n) is 3.72. The number of nitrogens with zero attached hydrogens (tertiary/aromatic N) is 4. The lowest BCUT2D eigenvalue weighted by molar-refractivity contribution is 0.585. The molecule has 0 spiro atoms. The van der Waals surface area contributed by atoms with Crippen molar-refractivity contribution in [2.24, 2.45) is 7.05 Å². The van der Waals surface area contributed by atoms with E-state index in [9.17, 15) is 12.8 Å². The minimum Gasteiger partial charge on any atom is -0.272 e. The SMILES string of the molecule is Cc1c(S(=O)(=O)Nc2nn(Cc3ccccc3F)cc2Br)cnn1C. The van der Waals surface area contributed by atoms with Crippen molar-refractivity contribution >= 4 is 31.8 Å². The van der Waals surface area contributed by atoms with Gasteiger partial charge >= 0.3 is 0 Å². The molecule has 2 aromatic heterocycles. The fourth-order valence-electron chi connectivity index (χ4n) is 2.27. The zero-order valence-electron chi connectivity index (χ0n) is 13.4. The van der Waals surface area contributed by atoms with Crippen LogP contribution in [-0.4, -0.2) is 28.0 Å². The largest absolute Gasteiger partial charge is 0.272 e. The number of hydrogen-bond acceptors (Lipinski definition) is 4. The maximum absolute atomic E-state index is 13.7. The minimum atomic E-state index is -3.83. The molecule has 0 amide bonds. The molecule has 0 unspecified atom stereocenters. The lowest BCUT2D eigenvalue weighted by Crippen LogP contribution is -2.15. The summed E-state index contributed by atoms with van der Waals surface area (Å²) in [5, 5.41) is 8.11. The standard InChI is InChI=1S/C15H15BrFN5O2S/c1-10-14(7-18-21(10)2)25(23,24)20-15-12(16)9-22(19-15)8-11-5-3-4-6-13(11)17/h3-7,9H,8H2,1-2H3,(H,19,20). The van der Waals surface area contributed by atoms with Crippen LogP contribution in [-0.2, 0) is 23.6 Å². The number of hydrogen-bond donors (Lipinski definition) is 1. The second-order valence-corrected chi connectivity index (χ2v) is 7.94. The first-order valence-electron chi connectivity index (χ1n) is 7.25. The van der Waals surface area contributed by atoms with E-state index in [1.807, 2.05) is 0 Å². The Balaban J connectivity index is 1.86. The molecule has 3 rings (SSSR count). The van der Waals surface area contributed by atoms with Crippen LogP contribution in [0.3, 0.4) is 0 Å². The van der Waals surface area contributed by atoms with E-state index in [1.165, 1.54) is 21.6 Å². The molecule has 0 atom stereocenters. The number of aryl methyl sites for hydroxylation is 1. The van der Waals surface area contributed by atoms with Crippen molar-refractivity contribution < 1.29 is 12.8 Å². The second-order valence-electron chi connectivity index (χ2n) is 5.44. The highest BCUT2D eigenvalue weighted by molar-refractivity contribution is 9.10. The first-order valence-corrected chi connectivity index (χ1v) is 9.53. The van der Waals surface area contributed by atoms with Gasteiger partial charge in [0.1, 0.15) is 10.7 Å². The second kappa shape index (κ2) is 6.60. The summed E-state index contributed by atoms with van der Waals surface area (Å²) in [5.41, 5.74) is 0.962. The summed E-state index contributed by atoms with van der Waals surface area (Å²) in [5.74, 6) is -0.221. The Kier molecular flexibility index (Phi) is 4.65. The van der Waals surface area contributed by atoms with Crippen molar-refractivity contribution in [1.29, 1.82) is 0 Å². The first kappa shape index (κ1) is 17.6. The zero-order chi connectivity index (χ0) is 18.2. The Labute approximate surface area is 152 Å². The summed E-state index contributed by atoms with van der Waals surface area (Å²) in [6.45, 7) is 1.84. The van der Waals surface area contributed by atoms with Gasteiger partial charge in [0.05, 0.1) is 22.9 Å². The monoisotopic (exact) mass is 427 g/mol. The molecular weight excluding hydrogens is 413 g/mol. The zero-order valence-corrected chi connectivity index (χ0v) is 15.8. The van der Waals surface area contributed by atoms with E-state index in [0.717, 1.165) is 0 Å². The van der Waals surface area contributed by atoms with Gasteiger partial charge in [-0.2, -0.15) is 10.2 Å². The molecule has 0 radical (unpaired) electrons. The van der Waals surface area contributed by atoms with Crippen LogP contribution in [0.15, 0.2) is 46.0 Å². The molecule has 132 valence electrons. The third-order valence-corrected chi connectivity index (χ3v) is 5.74. The van der Waals surface area contributed by atoms with Gasteiger partial charge in [-0.3, -0.25) is 14.1 Å². The van der Waals surface area contributed by atoms with E-state index in [0.29, 0.717) is 15.7 Å². The van der Waals surface area contributed by atoms with E-state index < -0.39 is 10.0 Å². The van der Waals surface area contributed by atoms with Crippen LogP contribution < -0.4 is 4.72 Å². The van der Waals surface area contributed by atoms with Gasteiger partial charge in [-0.15, -0.1) is 0 Å². The van der Waals surface area contributed by atoms with Crippen molar-refractivity contribution in [2.75, 3.05) is 4.72 Å². The van der Waals surface area contributed by atoms with Gasteiger partial charge in [0.15, 0.2) is 5.82 Å². The maximum Gasteiger partial charge on any atom is 0.266 e. The van der Waals surface area contributed by atoms with Gasteiger partial charge in [0, 0.05) is 18.8 Å². The molecule has 25 heavy (non-hydrogen) atoms. The summed E-state index contributed by atoms with van der Waals surface area (Å²) < 4.78 is 44.6. The van der Waals surface area contributed by atoms with Gasteiger partial charge in [0.2, 0.25) is 0 Å². The molecule has 0 saturated carbocycles. The fraction of sp³-hybridized carbons (Fsp3) is 0.200. The molecule has 0 aliphatic heterocycles. The molecule has 10 heteroatoms. The van der Waals surface area contributed by atoms with Crippen LogP contribution in [0.4, 0.5) is 10.2 Å². The van der Waals surface area contributed by atoms with Crippen molar-refractivity contribution in [3.8, 4) is 0 Å². The highest BCUT2D eigenvalue weighted by Crippen LogP contribution is 2.25. The number of nitrogens with one attached hydrogen (secondary N) is 1. The number of aromatic nitrogens is 4. The minimum absolute atomic E-state index is 0.0746. The predicted molar refractivity (Wildman–Crippen MR) is 94.2 cm³/mol. The number of sulfonamides is 1. The maximum atomic E-state index is 13.7. The molecule has 3 aromatic rings. The number of halogens is 2. The Morgan fingerprint density at radius 2 is 2.04 bits per heavy atom. The molecule has 0 aliphatic carbocycles. The smallest absolute Gasteiger partial charge is 0.266 e. The van der Waals surface area contributed by atoms with Gasteiger partial charge in [0.25, 0.3) is 10.0 Å². The van der Waals surface area contributed by atoms with E-state index in [1.54, 1.807) is 38.4 Å². The van der Waals surface area contributed by atoms with E-state index in [-0.39, 0.29) is 23.1 Å². The van der Waals surface area contributed by atoms with Gasteiger partial charge in [-0.1, -0.05) is 18.2 Å².